The molecule has 2 N–H and O–H groups in total. The van der Waals surface area contributed by atoms with Gasteiger partial charge in [0.2, 0.25) is 0 Å². The minimum Gasteiger partial charge on any atom is -0.330 e. The average Bonchev–Trinajstić information content (AvgIpc) is 2.83. The van der Waals surface area contributed by atoms with Crippen LogP contribution in [0, 0.1) is 5.92 Å². The summed E-state index contributed by atoms with van der Waals surface area (Å²) in [5, 5.41) is 1.54. The molecule has 13 heavy (non-hydrogen) atoms. The van der Waals surface area contributed by atoms with Crippen LogP contribution in [0.5, 0.6) is 0 Å². The first kappa shape index (κ1) is 9.32. The van der Waals surface area contributed by atoms with E-state index in [1.165, 1.54) is 0 Å². The van der Waals surface area contributed by atoms with Crippen molar-refractivity contribution in [3.05, 3.63) is 33.8 Å². The summed E-state index contributed by atoms with van der Waals surface area (Å²) < 4.78 is 0. The Morgan fingerprint density at radius 3 is 2.38 bits per heavy atom. The van der Waals surface area contributed by atoms with Gasteiger partial charge < -0.3 is 5.73 Å². The molecule has 0 amide bonds. The lowest BCUT2D eigenvalue weighted by Gasteiger charge is -2.04. The molecule has 0 heterocycles. The first-order chi connectivity index (χ1) is 6.24. The maximum atomic E-state index is 6.06. The molecule has 3 heteroatoms. The molecule has 0 radical (unpaired) electrons. The number of hydrogen-bond donors (Lipinski definition) is 1. The molecule has 1 aliphatic carbocycles. The van der Waals surface area contributed by atoms with E-state index in [4.69, 9.17) is 28.9 Å². The summed E-state index contributed by atoms with van der Waals surface area (Å²) in [6, 6.07) is 5.64. The smallest absolute Gasteiger partial charge is 0.0455 e. The van der Waals surface area contributed by atoms with Crippen LogP contribution in [0.1, 0.15) is 17.9 Å². The van der Waals surface area contributed by atoms with Gasteiger partial charge >= 0.3 is 0 Å². The predicted molar refractivity (Wildman–Crippen MR) is 56.4 cm³/mol. The number of benzene rings is 1. The zero-order chi connectivity index (χ0) is 9.42. The Balaban J connectivity index is 2.30. The molecular weight excluding hydrogens is 205 g/mol. The molecule has 70 valence electrons. The summed E-state index contributed by atoms with van der Waals surface area (Å²) in [4.78, 5) is 0. The van der Waals surface area contributed by atoms with Crippen molar-refractivity contribution in [3.8, 4) is 0 Å². The topological polar surface area (TPSA) is 26.0 Å². The van der Waals surface area contributed by atoms with Crippen LogP contribution in [0.3, 0.4) is 0 Å². The molecule has 2 unspecified atom stereocenters. The standard InChI is InChI=1S/C10H11Cl2N/c11-8-2-1-3-9(12)10(8)7-4-6(7)5-13/h1-3,6-7H,4-5,13H2. The van der Waals surface area contributed by atoms with E-state index in [0.29, 0.717) is 11.8 Å². The molecule has 1 aromatic carbocycles. The van der Waals surface area contributed by atoms with E-state index in [2.05, 4.69) is 0 Å². The van der Waals surface area contributed by atoms with E-state index in [0.717, 1.165) is 28.6 Å². The van der Waals surface area contributed by atoms with Gasteiger partial charge in [0.05, 0.1) is 0 Å². The fourth-order valence-corrected chi connectivity index (χ4v) is 2.40. The first-order valence-corrected chi connectivity index (χ1v) is 5.13. The van der Waals surface area contributed by atoms with Crippen LogP contribution in [0.25, 0.3) is 0 Å². The van der Waals surface area contributed by atoms with Gasteiger partial charge in [-0.15, -0.1) is 0 Å². The van der Waals surface area contributed by atoms with Crippen molar-refractivity contribution >= 4 is 23.2 Å². The second kappa shape index (κ2) is 3.49. The third-order valence-electron chi connectivity index (χ3n) is 2.60. The van der Waals surface area contributed by atoms with E-state index in [9.17, 15) is 0 Å². The minimum atomic E-state index is 0.492. The molecule has 1 fully saturated rings. The SMILES string of the molecule is NCC1CC1c1c(Cl)cccc1Cl. The van der Waals surface area contributed by atoms with Crippen LogP contribution in [-0.2, 0) is 0 Å². The highest BCUT2D eigenvalue weighted by molar-refractivity contribution is 6.36. The maximum absolute atomic E-state index is 6.06. The first-order valence-electron chi connectivity index (χ1n) is 4.38. The third-order valence-corrected chi connectivity index (χ3v) is 3.26. The summed E-state index contributed by atoms with van der Waals surface area (Å²) in [5.74, 6) is 1.07. The Morgan fingerprint density at radius 2 is 1.92 bits per heavy atom. The van der Waals surface area contributed by atoms with E-state index < -0.39 is 0 Å². The van der Waals surface area contributed by atoms with Crippen molar-refractivity contribution in [2.45, 2.75) is 12.3 Å². The van der Waals surface area contributed by atoms with Crippen LogP contribution >= 0.6 is 23.2 Å². The number of hydrogen-bond acceptors (Lipinski definition) is 1. The molecular formula is C10H11Cl2N. The van der Waals surface area contributed by atoms with Crippen molar-refractivity contribution in [2.75, 3.05) is 6.54 Å². The van der Waals surface area contributed by atoms with Gasteiger partial charge in [-0.1, -0.05) is 29.3 Å². The Labute approximate surface area is 87.8 Å². The highest BCUT2D eigenvalue weighted by Crippen LogP contribution is 2.51. The Bertz CT molecular complexity index is 304. The zero-order valence-electron chi connectivity index (χ0n) is 7.13. The number of nitrogens with two attached hydrogens (primary N) is 1. The lowest BCUT2D eigenvalue weighted by atomic mass is 10.1. The van der Waals surface area contributed by atoms with E-state index in [1.54, 1.807) is 0 Å². The second-order valence-electron chi connectivity index (χ2n) is 3.47. The Morgan fingerprint density at radius 1 is 1.31 bits per heavy atom. The average molecular weight is 216 g/mol. The van der Waals surface area contributed by atoms with Gasteiger partial charge in [0.15, 0.2) is 0 Å². The monoisotopic (exact) mass is 215 g/mol. The summed E-state index contributed by atoms with van der Waals surface area (Å²) in [6.45, 7) is 0.728. The van der Waals surface area contributed by atoms with Gasteiger partial charge in [0.25, 0.3) is 0 Å². The summed E-state index contributed by atoms with van der Waals surface area (Å²) in [6.07, 6.45) is 1.12. The molecule has 0 spiro atoms. The highest BCUT2D eigenvalue weighted by atomic mass is 35.5. The van der Waals surface area contributed by atoms with Crippen molar-refractivity contribution in [3.63, 3.8) is 0 Å². The molecule has 1 aliphatic rings. The van der Waals surface area contributed by atoms with Gasteiger partial charge in [-0.3, -0.25) is 0 Å². The summed E-state index contributed by atoms with van der Waals surface area (Å²) in [7, 11) is 0. The summed E-state index contributed by atoms with van der Waals surface area (Å²) >= 11 is 12.1. The molecule has 1 aromatic rings. The van der Waals surface area contributed by atoms with Crippen molar-refractivity contribution in [1.29, 1.82) is 0 Å². The molecule has 2 atom stereocenters. The minimum absolute atomic E-state index is 0.492. The molecule has 0 aliphatic heterocycles. The van der Waals surface area contributed by atoms with E-state index in [-0.39, 0.29) is 0 Å². The fraction of sp³-hybridized carbons (Fsp3) is 0.400. The van der Waals surface area contributed by atoms with Gasteiger partial charge in [-0.25, -0.2) is 0 Å². The number of halogens is 2. The highest BCUT2D eigenvalue weighted by Gasteiger charge is 2.39. The Kier molecular flexibility index (Phi) is 2.50. The normalized spacial score (nSPS) is 26.1. The van der Waals surface area contributed by atoms with Crippen molar-refractivity contribution < 1.29 is 0 Å². The molecule has 0 aromatic heterocycles. The van der Waals surface area contributed by atoms with Crippen LogP contribution in [0.4, 0.5) is 0 Å². The third kappa shape index (κ3) is 1.69. The van der Waals surface area contributed by atoms with Gasteiger partial charge in [-0.2, -0.15) is 0 Å². The van der Waals surface area contributed by atoms with E-state index in [1.807, 2.05) is 18.2 Å². The van der Waals surface area contributed by atoms with E-state index >= 15 is 0 Å². The molecule has 1 saturated carbocycles. The lowest BCUT2D eigenvalue weighted by molar-refractivity contribution is 0.810. The molecule has 1 nitrogen and oxygen atoms in total. The zero-order valence-corrected chi connectivity index (χ0v) is 8.65. The van der Waals surface area contributed by atoms with Crippen LogP contribution < -0.4 is 5.73 Å². The van der Waals surface area contributed by atoms with Crippen LogP contribution in [-0.4, -0.2) is 6.54 Å². The maximum Gasteiger partial charge on any atom is 0.0455 e. The van der Waals surface area contributed by atoms with Crippen molar-refractivity contribution in [1.82, 2.24) is 0 Å². The Hall–Kier alpha value is -0.240. The molecule has 0 bridgehead atoms. The second-order valence-corrected chi connectivity index (χ2v) is 4.29. The molecule has 0 saturated heterocycles. The van der Waals surface area contributed by atoms with Crippen LogP contribution in [0.2, 0.25) is 10.0 Å². The quantitative estimate of drug-likeness (QED) is 0.807. The van der Waals surface area contributed by atoms with Gasteiger partial charge in [0, 0.05) is 10.0 Å². The van der Waals surface area contributed by atoms with Crippen LogP contribution in [0.15, 0.2) is 18.2 Å². The van der Waals surface area contributed by atoms with Gasteiger partial charge in [-0.05, 0) is 42.5 Å². The number of rotatable bonds is 2. The van der Waals surface area contributed by atoms with Crippen molar-refractivity contribution in [2.24, 2.45) is 11.7 Å². The fourth-order valence-electron chi connectivity index (χ4n) is 1.73. The predicted octanol–water partition coefficient (Wildman–Crippen LogP) is 3.06. The largest absolute Gasteiger partial charge is 0.330 e. The summed E-state index contributed by atoms with van der Waals surface area (Å²) in [5.41, 5.74) is 6.66. The van der Waals surface area contributed by atoms with Gasteiger partial charge in [0.1, 0.15) is 0 Å². The lowest BCUT2D eigenvalue weighted by Crippen LogP contribution is -2.02. The molecule has 2 rings (SSSR count).